The molecule has 0 aliphatic carbocycles. The van der Waals surface area contributed by atoms with Gasteiger partial charge in [-0.1, -0.05) is 0 Å². The number of carbonyl (C=O) groups is 1. The minimum Gasteiger partial charge on any atom is -0.497 e. The first kappa shape index (κ1) is 21.1. The fourth-order valence-electron chi connectivity index (χ4n) is 2.98. The van der Waals surface area contributed by atoms with Gasteiger partial charge in [0, 0.05) is 19.8 Å². The van der Waals surface area contributed by atoms with Crippen molar-refractivity contribution in [1.82, 2.24) is 20.0 Å². The lowest BCUT2D eigenvalue weighted by Crippen LogP contribution is -2.33. The largest absolute Gasteiger partial charge is 0.497 e. The van der Waals surface area contributed by atoms with Crippen molar-refractivity contribution in [3.8, 4) is 11.5 Å². The summed E-state index contributed by atoms with van der Waals surface area (Å²) in [5.41, 5.74) is 0.475. The zero-order valence-corrected chi connectivity index (χ0v) is 16.6. The molecule has 0 radical (unpaired) electrons. The summed E-state index contributed by atoms with van der Waals surface area (Å²) in [5.74, 6) is 1.44. The fraction of sp³-hybridized carbons (Fsp3) is 0.474. The third-order valence-electron chi connectivity index (χ3n) is 4.57. The smallest absolute Gasteiger partial charge is 0.274 e. The summed E-state index contributed by atoms with van der Waals surface area (Å²) in [6.45, 7) is 2.87. The molecule has 1 saturated heterocycles. The van der Waals surface area contributed by atoms with Crippen LogP contribution in [0.25, 0.3) is 0 Å². The summed E-state index contributed by atoms with van der Waals surface area (Å²) in [6.07, 6.45) is 4.12. The molecule has 0 bridgehead atoms. The van der Waals surface area contributed by atoms with Gasteiger partial charge in [0.05, 0.1) is 19.7 Å². The van der Waals surface area contributed by atoms with Gasteiger partial charge in [-0.2, -0.15) is 5.10 Å². The lowest BCUT2D eigenvalue weighted by atomic mass is 10.1. The van der Waals surface area contributed by atoms with Crippen LogP contribution in [-0.4, -0.2) is 61.0 Å². The normalized spacial score (nSPS) is 16.3. The number of nitrogens with one attached hydrogen (secondary N) is 1. The highest BCUT2D eigenvalue weighted by Crippen LogP contribution is 2.17. The van der Waals surface area contributed by atoms with Crippen LogP contribution in [0.5, 0.6) is 11.5 Å². The Morgan fingerprint density at radius 2 is 2.04 bits per heavy atom. The maximum atomic E-state index is 12.5. The second kappa shape index (κ2) is 10.2. The number of methoxy groups -OCH3 is 1. The fourth-order valence-corrected chi connectivity index (χ4v) is 2.98. The lowest BCUT2D eigenvalue weighted by Gasteiger charge is -2.23. The molecule has 3 rings (SSSR count). The first-order valence-corrected chi connectivity index (χ1v) is 8.95. The van der Waals surface area contributed by atoms with Gasteiger partial charge in [0.15, 0.2) is 0 Å². The van der Waals surface area contributed by atoms with E-state index in [2.05, 4.69) is 10.4 Å². The molecule has 1 aliphatic heterocycles. The molecule has 27 heavy (non-hydrogen) atoms. The summed E-state index contributed by atoms with van der Waals surface area (Å²) in [6, 6.07) is 9.50. The number of nitrogens with zero attached hydrogens (tertiary/aromatic N) is 3. The third kappa shape index (κ3) is 5.61. The SMILES string of the molecule is COc1ccc(OCCN(C)C(=O)c2ccn(C3CCCNC3)n2)cc1.Cl. The van der Waals surface area contributed by atoms with E-state index in [0.29, 0.717) is 24.9 Å². The number of amides is 1. The van der Waals surface area contributed by atoms with Gasteiger partial charge in [0.25, 0.3) is 5.91 Å². The van der Waals surface area contributed by atoms with Gasteiger partial charge >= 0.3 is 0 Å². The van der Waals surface area contributed by atoms with Crippen LogP contribution in [0.4, 0.5) is 0 Å². The minimum absolute atomic E-state index is 0. The first-order chi connectivity index (χ1) is 12.7. The minimum atomic E-state index is -0.0918. The maximum absolute atomic E-state index is 12.5. The summed E-state index contributed by atoms with van der Waals surface area (Å²) in [5, 5.41) is 7.84. The van der Waals surface area contributed by atoms with Crippen molar-refractivity contribution >= 4 is 18.3 Å². The Bertz CT molecular complexity index is 714. The van der Waals surface area contributed by atoms with Crippen LogP contribution >= 0.6 is 12.4 Å². The van der Waals surface area contributed by atoms with E-state index < -0.39 is 0 Å². The number of hydrogen-bond acceptors (Lipinski definition) is 5. The highest BCUT2D eigenvalue weighted by molar-refractivity contribution is 5.92. The number of aromatic nitrogens is 2. The van der Waals surface area contributed by atoms with E-state index in [1.165, 1.54) is 0 Å². The Hall–Kier alpha value is -2.25. The van der Waals surface area contributed by atoms with Crippen LogP contribution < -0.4 is 14.8 Å². The quantitative estimate of drug-likeness (QED) is 0.780. The molecule has 2 aromatic rings. The molecule has 2 heterocycles. The molecule has 1 atom stereocenters. The van der Waals surface area contributed by atoms with Crippen LogP contribution in [0.3, 0.4) is 0 Å². The maximum Gasteiger partial charge on any atom is 0.274 e. The second-order valence-electron chi connectivity index (χ2n) is 6.43. The van der Waals surface area contributed by atoms with Crippen LogP contribution in [0.15, 0.2) is 36.5 Å². The Kier molecular flexibility index (Phi) is 7.94. The summed E-state index contributed by atoms with van der Waals surface area (Å²) in [7, 11) is 3.39. The molecular formula is C19H27ClN4O3. The first-order valence-electron chi connectivity index (χ1n) is 8.95. The van der Waals surface area contributed by atoms with Gasteiger partial charge in [0.1, 0.15) is 23.8 Å². The lowest BCUT2D eigenvalue weighted by molar-refractivity contribution is 0.0766. The molecule has 8 heteroatoms. The molecular weight excluding hydrogens is 368 g/mol. The molecule has 148 valence electrons. The standard InChI is InChI=1S/C19H26N4O3.ClH/c1-22(12-13-26-17-7-5-16(25-2)6-8-17)19(24)18-9-11-23(21-18)15-4-3-10-20-14-15;/h5-9,11,15,20H,3-4,10,12-14H2,1-2H3;1H. The van der Waals surface area contributed by atoms with Gasteiger partial charge in [-0.15, -0.1) is 12.4 Å². The molecule has 7 nitrogen and oxygen atoms in total. The summed E-state index contributed by atoms with van der Waals surface area (Å²) in [4.78, 5) is 14.2. The van der Waals surface area contributed by atoms with Crippen molar-refractivity contribution in [3.05, 3.63) is 42.2 Å². The monoisotopic (exact) mass is 394 g/mol. The number of halogens is 1. The van der Waals surface area contributed by atoms with E-state index in [1.807, 2.05) is 35.1 Å². The Morgan fingerprint density at radius 1 is 1.30 bits per heavy atom. The number of hydrogen-bond donors (Lipinski definition) is 1. The second-order valence-corrected chi connectivity index (χ2v) is 6.43. The predicted molar refractivity (Wildman–Crippen MR) is 106 cm³/mol. The van der Waals surface area contributed by atoms with E-state index in [1.54, 1.807) is 25.1 Å². The van der Waals surface area contributed by atoms with E-state index in [9.17, 15) is 4.79 Å². The number of ether oxygens (including phenoxy) is 2. The Balaban J connectivity index is 0.00000261. The third-order valence-corrected chi connectivity index (χ3v) is 4.57. The molecule has 1 fully saturated rings. The van der Waals surface area contributed by atoms with Crippen LogP contribution in [0.1, 0.15) is 29.4 Å². The predicted octanol–water partition coefficient (Wildman–Crippen LogP) is 2.39. The zero-order valence-electron chi connectivity index (χ0n) is 15.8. The van der Waals surface area contributed by atoms with Crippen molar-refractivity contribution in [2.24, 2.45) is 0 Å². The van der Waals surface area contributed by atoms with Crippen molar-refractivity contribution in [1.29, 1.82) is 0 Å². The van der Waals surface area contributed by atoms with Crippen LogP contribution in [-0.2, 0) is 0 Å². The molecule has 1 aromatic heterocycles. The molecule has 1 amide bonds. The highest BCUT2D eigenvalue weighted by atomic mass is 35.5. The zero-order chi connectivity index (χ0) is 18.4. The number of benzene rings is 1. The van der Waals surface area contributed by atoms with Gasteiger partial charge < -0.3 is 19.7 Å². The molecule has 0 saturated carbocycles. The van der Waals surface area contributed by atoms with E-state index in [0.717, 1.165) is 37.4 Å². The van der Waals surface area contributed by atoms with Crippen molar-refractivity contribution in [3.63, 3.8) is 0 Å². The van der Waals surface area contributed by atoms with Gasteiger partial charge in [-0.3, -0.25) is 9.48 Å². The van der Waals surface area contributed by atoms with Crippen molar-refractivity contribution < 1.29 is 14.3 Å². The average Bonchev–Trinajstić information content (AvgIpc) is 3.18. The number of piperidine rings is 1. The van der Waals surface area contributed by atoms with Gasteiger partial charge in [-0.05, 0) is 49.7 Å². The molecule has 0 spiro atoms. The van der Waals surface area contributed by atoms with Gasteiger partial charge in [0.2, 0.25) is 0 Å². The highest BCUT2D eigenvalue weighted by Gasteiger charge is 2.19. The number of carbonyl (C=O) groups excluding carboxylic acids is 1. The van der Waals surface area contributed by atoms with Crippen LogP contribution in [0.2, 0.25) is 0 Å². The molecule has 1 N–H and O–H groups in total. The topological polar surface area (TPSA) is 68.6 Å². The van der Waals surface area contributed by atoms with Crippen molar-refractivity contribution in [2.45, 2.75) is 18.9 Å². The van der Waals surface area contributed by atoms with E-state index >= 15 is 0 Å². The molecule has 1 unspecified atom stereocenters. The number of rotatable bonds is 7. The molecule has 1 aromatic carbocycles. The summed E-state index contributed by atoms with van der Waals surface area (Å²) < 4.78 is 12.7. The van der Waals surface area contributed by atoms with Gasteiger partial charge in [-0.25, -0.2) is 0 Å². The molecule has 1 aliphatic rings. The average molecular weight is 395 g/mol. The van der Waals surface area contributed by atoms with E-state index in [-0.39, 0.29) is 18.3 Å². The Morgan fingerprint density at radius 3 is 2.70 bits per heavy atom. The number of likely N-dealkylation sites (N-methyl/N-ethyl adjacent to an activating group) is 1. The van der Waals surface area contributed by atoms with Crippen molar-refractivity contribution in [2.75, 3.05) is 40.4 Å². The summed E-state index contributed by atoms with van der Waals surface area (Å²) >= 11 is 0. The van der Waals surface area contributed by atoms with Crippen LogP contribution in [0, 0.1) is 0 Å². The van der Waals surface area contributed by atoms with E-state index in [4.69, 9.17) is 9.47 Å². The Labute approximate surface area is 166 Å².